The molecule has 1 aromatic carbocycles. The third-order valence-electron chi connectivity index (χ3n) is 4.27. The SMILES string of the molecule is COCCn1nc(C)c(C(C)NCc2ccccc2CO)c1C. The van der Waals surface area contributed by atoms with Gasteiger partial charge in [-0.1, -0.05) is 24.3 Å². The van der Waals surface area contributed by atoms with E-state index in [0.29, 0.717) is 6.61 Å². The number of hydrogen-bond acceptors (Lipinski definition) is 4. The van der Waals surface area contributed by atoms with Gasteiger partial charge in [-0.25, -0.2) is 0 Å². The highest BCUT2D eigenvalue weighted by molar-refractivity contribution is 5.29. The maximum atomic E-state index is 9.42. The zero-order chi connectivity index (χ0) is 16.8. The Morgan fingerprint density at radius 3 is 2.61 bits per heavy atom. The van der Waals surface area contributed by atoms with E-state index >= 15 is 0 Å². The van der Waals surface area contributed by atoms with Gasteiger partial charge in [0.05, 0.1) is 25.5 Å². The van der Waals surface area contributed by atoms with Gasteiger partial charge in [0.15, 0.2) is 0 Å². The number of aliphatic hydroxyl groups excluding tert-OH is 1. The second-order valence-electron chi connectivity index (χ2n) is 5.83. The molecule has 0 radical (unpaired) electrons. The first-order valence-corrected chi connectivity index (χ1v) is 8.02. The molecule has 0 spiro atoms. The number of aryl methyl sites for hydroxylation is 1. The lowest BCUT2D eigenvalue weighted by Gasteiger charge is -2.16. The summed E-state index contributed by atoms with van der Waals surface area (Å²) in [6.07, 6.45) is 0. The first-order valence-electron chi connectivity index (χ1n) is 8.02. The van der Waals surface area contributed by atoms with Gasteiger partial charge in [-0.05, 0) is 31.9 Å². The average Bonchev–Trinajstić information content (AvgIpc) is 2.84. The molecule has 5 nitrogen and oxygen atoms in total. The normalized spacial score (nSPS) is 12.6. The number of rotatable bonds is 8. The van der Waals surface area contributed by atoms with Crippen LogP contribution in [-0.2, 0) is 24.4 Å². The Morgan fingerprint density at radius 1 is 1.26 bits per heavy atom. The van der Waals surface area contributed by atoms with Crippen molar-refractivity contribution in [2.24, 2.45) is 0 Å². The molecule has 0 aliphatic heterocycles. The van der Waals surface area contributed by atoms with Crippen LogP contribution in [0.4, 0.5) is 0 Å². The molecule has 0 bridgehead atoms. The van der Waals surface area contributed by atoms with Crippen molar-refractivity contribution in [2.45, 2.75) is 46.5 Å². The summed E-state index contributed by atoms with van der Waals surface area (Å²) in [5.41, 5.74) is 5.56. The van der Waals surface area contributed by atoms with Crippen molar-refractivity contribution in [2.75, 3.05) is 13.7 Å². The predicted octanol–water partition coefficient (Wildman–Crippen LogP) is 2.49. The summed E-state index contributed by atoms with van der Waals surface area (Å²) in [7, 11) is 1.70. The van der Waals surface area contributed by atoms with Crippen LogP contribution in [-0.4, -0.2) is 28.6 Å². The van der Waals surface area contributed by atoms with E-state index in [4.69, 9.17) is 4.74 Å². The van der Waals surface area contributed by atoms with Gasteiger partial charge in [0.2, 0.25) is 0 Å². The fourth-order valence-corrected chi connectivity index (χ4v) is 2.98. The van der Waals surface area contributed by atoms with Crippen LogP contribution in [0, 0.1) is 13.8 Å². The molecule has 1 atom stereocenters. The first-order chi connectivity index (χ1) is 11.1. The summed E-state index contributed by atoms with van der Waals surface area (Å²) in [5, 5.41) is 17.6. The Morgan fingerprint density at radius 2 is 1.96 bits per heavy atom. The van der Waals surface area contributed by atoms with Gasteiger partial charge in [0, 0.05) is 31.0 Å². The molecule has 1 aromatic heterocycles. The monoisotopic (exact) mass is 317 g/mol. The lowest BCUT2D eigenvalue weighted by atomic mass is 10.0. The Labute approximate surface area is 138 Å². The average molecular weight is 317 g/mol. The summed E-state index contributed by atoms with van der Waals surface area (Å²) < 4.78 is 7.15. The van der Waals surface area contributed by atoms with Crippen molar-refractivity contribution in [3.63, 3.8) is 0 Å². The van der Waals surface area contributed by atoms with Crippen molar-refractivity contribution < 1.29 is 9.84 Å². The molecular weight excluding hydrogens is 290 g/mol. The summed E-state index contributed by atoms with van der Waals surface area (Å²) in [6, 6.07) is 8.15. The minimum Gasteiger partial charge on any atom is -0.392 e. The van der Waals surface area contributed by atoms with Crippen LogP contribution < -0.4 is 5.32 Å². The smallest absolute Gasteiger partial charge is 0.0685 e. The molecule has 0 saturated carbocycles. The molecule has 2 rings (SSSR count). The highest BCUT2D eigenvalue weighted by atomic mass is 16.5. The van der Waals surface area contributed by atoms with E-state index < -0.39 is 0 Å². The van der Waals surface area contributed by atoms with E-state index in [1.165, 1.54) is 11.3 Å². The van der Waals surface area contributed by atoms with Gasteiger partial charge in [-0.2, -0.15) is 5.10 Å². The number of aliphatic hydroxyl groups is 1. The number of benzene rings is 1. The van der Waals surface area contributed by atoms with Gasteiger partial charge in [-0.3, -0.25) is 4.68 Å². The van der Waals surface area contributed by atoms with Crippen LogP contribution in [0.3, 0.4) is 0 Å². The topological polar surface area (TPSA) is 59.3 Å². The van der Waals surface area contributed by atoms with Crippen LogP contribution in [0.5, 0.6) is 0 Å². The number of hydrogen-bond donors (Lipinski definition) is 2. The quantitative estimate of drug-likeness (QED) is 0.785. The molecule has 126 valence electrons. The molecule has 2 N–H and O–H groups in total. The zero-order valence-corrected chi connectivity index (χ0v) is 14.5. The second kappa shape index (κ2) is 8.24. The molecule has 0 aliphatic rings. The summed E-state index contributed by atoms with van der Waals surface area (Å²) in [6.45, 7) is 8.52. The Balaban J connectivity index is 2.08. The van der Waals surface area contributed by atoms with Crippen molar-refractivity contribution >= 4 is 0 Å². The molecular formula is C18H27N3O2. The fourth-order valence-electron chi connectivity index (χ4n) is 2.98. The maximum Gasteiger partial charge on any atom is 0.0685 e. The minimum atomic E-state index is 0.0687. The third kappa shape index (κ3) is 4.19. The van der Waals surface area contributed by atoms with Crippen LogP contribution in [0.15, 0.2) is 24.3 Å². The van der Waals surface area contributed by atoms with Gasteiger partial charge in [0.25, 0.3) is 0 Å². The van der Waals surface area contributed by atoms with E-state index in [-0.39, 0.29) is 12.6 Å². The van der Waals surface area contributed by atoms with Gasteiger partial charge >= 0.3 is 0 Å². The lowest BCUT2D eigenvalue weighted by molar-refractivity contribution is 0.182. The van der Waals surface area contributed by atoms with Gasteiger partial charge in [0.1, 0.15) is 0 Å². The molecule has 0 fully saturated rings. The third-order valence-corrected chi connectivity index (χ3v) is 4.27. The number of methoxy groups -OCH3 is 1. The van der Waals surface area contributed by atoms with E-state index in [2.05, 4.69) is 24.3 Å². The summed E-state index contributed by atoms with van der Waals surface area (Å²) in [5.74, 6) is 0. The number of ether oxygens (including phenoxy) is 1. The molecule has 23 heavy (non-hydrogen) atoms. The van der Waals surface area contributed by atoms with Crippen LogP contribution in [0.1, 0.15) is 41.0 Å². The van der Waals surface area contributed by atoms with Crippen molar-refractivity contribution in [1.29, 1.82) is 0 Å². The van der Waals surface area contributed by atoms with Crippen molar-refractivity contribution in [3.8, 4) is 0 Å². The fraction of sp³-hybridized carbons (Fsp3) is 0.500. The second-order valence-corrected chi connectivity index (χ2v) is 5.83. The lowest BCUT2D eigenvalue weighted by Crippen LogP contribution is -2.20. The van der Waals surface area contributed by atoms with Gasteiger partial charge < -0.3 is 15.2 Å². The largest absolute Gasteiger partial charge is 0.392 e. The van der Waals surface area contributed by atoms with Gasteiger partial charge in [-0.15, -0.1) is 0 Å². The van der Waals surface area contributed by atoms with Crippen molar-refractivity contribution in [3.05, 3.63) is 52.3 Å². The van der Waals surface area contributed by atoms with E-state index in [1.54, 1.807) is 7.11 Å². The minimum absolute atomic E-state index is 0.0687. The van der Waals surface area contributed by atoms with Crippen molar-refractivity contribution in [1.82, 2.24) is 15.1 Å². The zero-order valence-electron chi connectivity index (χ0n) is 14.5. The van der Waals surface area contributed by atoms with E-state index in [0.717, 1.165) is 29.9 Å². The molecule has 2 aromatic rings. The van der Waals surface area contributed by atoms with E-state index in [9.17, 15) is 5.11 Å². The maximum absolute atomic E-state index is 9.42. The summed E-state index contributed by atoms with van der Waals surface area (Å²) in [4.78, 5) is 0. The number of nitrogens with zero attached hydrogens (tertiary/aromatic N) is 2. The van der Waals surface area contributed by atoms with Crippen LogP contribution >= 0.6 is 0 Å². The molecule has 1 unspecified atom stereocenters. The first kappa shape index (κ1) is 17.7. The molecule has 5 heteroatoms. The number of nitrogens with one attached hydrogen (secondary N) is 1. The summed E-state index contributed by atoms with van der Waals surface area (Å²) >= 11 is 0. The Bertz CT molecular complexity index is 637. The Hall–Kier alpha value is -1.69. The Kier molecular flexibility index (Phi) is 6.33. The van der Waals surface area contributed by atoms with E-state index in [1.807, 2.05) is 35.9 Å². The molecule has 0 amide bonds. The predicted molar refractivity (Wildman–Crippen MR) is 91.2 cm³/mol. The molecule has 0 saturated heterocycles. The highest BCUT2D eigenvalue weighted by Crippen LogP contribution is 2.22. The van der Waals surface area contributed by atoms with Crippen LogP contribution in [0.25, 0.3) is 0 Å². The highest BCUT2D eigenvalue weighted by Gasteiger charge is 2.17. The van der Waals surface area contributed by atoms with Crippen LogP contribution in [0.2, 0.25) is 0 Å². The molecule has 1 heterocycles. The standard InChI is InChI=1S/C18H27N3O2/c1-13(19-11-16-7-5-6-8-17(16)12-22)18-14(2)20-21(15(18)3)9-10-23-4/h5-8,13,19,22H,9-12H2,1-4H3. The number of aromatic nitrogens is 2. The molecule has 0 aliphatic carbocycles.